The van der Waals surface area contributed by atoms with E-state index in [0.29, 0.717) is 48.8 Å². The largest absolute Gasteiger partial charge is 0.475 e. The number of hydrogen-bond donors (Lipinski definition) is 2. The summed E-state index contributed by atoms with van der Waals surface area (Å²) < 4.78 is 39.5. The van der Waals surface area contributed by atoms with Crippen LogP contribution in [0.2, 0.25) is 0 Å². The molecule has 2 aromatic rings. The average Bonchev–Trinajstić information content (AvgIpc) is 3.55. The number of nitrogens with one attached hydrogen (secondary N) is 1. The number of anilines is 1. The standard InChI is InChI=1S/C25H32F2N4O3/c1-15(16-4-5-16)30-23(32)20-13-29-24(34-9-8-33-3)21(17-10-18(26)12-19(27)11-17)22(20)31-7-6-25(2,28)14-31/h10-13,15-16H,4-9,14,28H2,1-3H3,(H,30,32)/t15-,25-/m0/s1. The molecule has 4 rings (SSSR count). The molecule has 34 heavy (non-hydrogen) atoms. The van der Waals surface area contributed by atoms with Crippen LogP contribution in [0.25, 0.3) is 11.1 Å². The zero-order chi connectivity index (χ0) is 24.5. The molecule has 0 radical (unpaired) electrons. The van der Waals surface area contributed by atoms with Gasteiger partial charge in [-0.3, -0.25) is 4.79 Å². The molecule has 9 heteroatoms. The average molecular weight is 475 g/mol. The number of ether oxygens (including phenoxy) is 2. The third-order valence-corrected chi connectivity index (χ3v) is 6.45. The number of aromatic nitrogens is 1. The van der Waals surface area contributed by atoms with Gasteiger partial charge < -0.3 is 25.4 Å². The molecule has 1 aromatic heterocycles. The molecule has 184 valence electrons. The smallest absolute Gasteiger partial charge is 0.255 e. The number of methoxy groups -OCH3 is 1. The Hall–Kier alpha value is -2.78. The van der Waals surface area contributed by atoms with E-state index in [1.807, 2.05) is 18.7 Å². The molecule has 1 aliphatic heterocycles. The Balaban J connectivity index is 1.86. The first-order chi connectivity index (χ1) is 16.2. The first-order valence-corrected chi connectivity index (χ1v) is 11.6. The van der Waals surface area contributed by atoms with Crippen molar-refractivity contribution in [1.29, 1.82) is 0 Å². The van der Waals surface area contributed by atoms with Crippen molar-refractivity contribution in [2.45, 2.75) is 44.7 Å². The molecule has 2 aliphatic rings. The van der Waals surface area contributed by atoms with Crippen molar-refractivity contribution < 1.29 is 23.0 Å². The number of pyridine rings is 1. The molecular formula is C25H32F2N4O3. The van der Waals surface area contributed by atoms with Gasteiger partial charge in [-0.05, 0) is 56.7 Å². The van der Waals surface area contributed by atoms with Gasteiger partial charge in [0.25, 0.3) is 5.91 Å². The molecule has 1 saturated heterocycles. The Kier molecular flexibility index (Phi) is 7.04. The van der Waals surface area contributed by atoms with Crippen LogP contribution in [0.3, 0.4) is 0 Å². The molecule has 0 spiro atoms. The van der Waals surface area contributed by atoms with Gasteiger partial charge in [0.2, 0.25) is 5.88 Å². The van der Waals surface area contributed by atoms with Gasteiger partial charge in [0.1, 0.15) is 18.2 Å². The highest BCUT2D eigenvalue weighted by molar-refractivity contribution is 6.04. The summed E-state index contributed by atoms with van der Waals surface area (Å²) in [6, 6.07) is 3.27. The zero-order valence-corrected chi connectivity index (χ0v) is 19.9. The highest BCUT2D eigenvalue weighted by atomic mass is 19.1. The van der Waals surface area contributed by atoms with E-state index in [2.05, 4.69) is 10.3 Å². The number of nitrogens with zero attached hydrogens (tertiary/aromatic N) is 2. The minimum absolute atomic E-state index is 0.0198. The van der Waals surface area contributed by atoms with Gasteiger partial charge in [-0.2, -0.15) is 0 Å². The highest BCUT2D eigenvalue weighted by Crippen LogP contribution is 2.43. The number of carbonyl (C=O) groups is 1. The Morgan fingerprint density at radius 2 is 2.00 bits per heavy atom. The number of rotatable bonds is 9. The molecule has 0 bridgehead atoms. The van der Waals surface area contributed by atoms with Crippen LogP contribution in [-0.4, -0.2) is 55.9 Å². The number of benzene rings is 1. The summed E-state index contributed by atoms with van der Waals surface area (Å²) in [6.07, 6.45) is 4.35. The molecule has 2 atom stereocenters. The highest BCUT2D eigenvalue weighted by Gasteiger charge is 2.36. The quantitative estimate of drug-likeness (QED) is 0.541. The minimum atomic E-state index is -0.730. The third-order valence-electron chi connectivity index (χ3n) is 6.45. The van der Waals surface area contributed by atoms with Gasteiger partial charge in [0.05, 0.1) is 23.4 Å². The molecule has 1 saturated carbocycles. The zero-order valence-electron chi connectivity index (χ0n) is 19.9. The first kappa shape index (κ1) is 24.3. The summed E-state index contributed by atoms with van der Waals surface area (Å²) in [5.74, 6) is -1.10. The number of amides is 1. The number of halogens is 2. The molecule has 7 nitrogen and oxygen atoms in total. The van der Waals surface area contributed by atoms with Crippen molar-refractivity contribution in [3.63, 3.8) is 0 Å². The maximum atomic E-state index is 14.3. The predicted molar refractivity (Wildman–Crippen MR) is 126 cm³/mol. The van der Waals surface area contributed by atoms with E-state index in [4.69, 9.17) is 15.2 Å². The summed E-state index contributed by atoms with van der Waals surface area (Å²) in [6.45, 7) is 5.48. The van der Waals surface area contributed by atoms with Crippen LogP contribution in [-0.2, 0) is 4.74 Å². The van der Waals surface area contributed by atoms with E-state index in [-0.39, 0.29) is 30.0 Å². The maximum absolute atomic E-state index is 14.3. The van der Waals surface area contributed by atoms with Crippen molar-refractivity contribution >= 4 is 11.6 Å². The van der Waals surface area contributed by atoms with Gasteiger partial charge in [-0.25, -0.2) is 13.8 Å². The fraction of sp³-hybridized carbons (Fsp3) is 0.520. The molecule has 1 aliphatic carbocycles. The fourth-order valence-electron chi connectivity index (χ4n) is 4.44. The van der Waals surface area contributed by atoms with Crippen molar-refractivity contribution in [3.8, 4) is 17.0 Å². The molecule has 3 N–H and O–H groups in total. The van der Waals surface area contributed by atoms with Crippen molar-refractivity contribution in [1.82, 2.24) is 10.3 Å². The Morgan fingerprint density at radius 1 is 1.29 bits per heavy atom. The van der Waals surface area contributed by atoms with Crippen LogP contribution in [0.4, 0.5) is 14.5 Å². The summed E-state index contributed by atoms with van der Waals surface area (Å²) in [7, 11) is 1.55. The lowest BCUT2D eigenvalue weighted by Gasteiger charge is -2.28. The fourth-order valence-corrected chi connectivity index (χ4v) is 4.44. The van der Waals surface area contributed by atoms with Crippen LogP contribution >= 0.6 is 0 Å². The van der Waals surface area contributed by atoms with Crippen LogP contribution in [0.1, 0.15) is 43.5 Å². The van der Waals surface area contributed by atoms with E-state index in [9.17, 15) is 13.6 Å². The SMILES string of the molecule is COCCOc1ncc(C(=O)N[C@@H](C)C2CC2)c(N2CC[C@](C)(N)C2)c1-c1cc(F)cc(F)c1. The molecule has 2 heterocycles. The van der Waals surface area contributed by atoms with Crippen LogP contribution in [0.5, 0.6) is 5.88 Å². The van der Waals surface area contributed by atoms with Gasteiger partial charge in [0.15, 0.2) is 0 Å². The van der Waals surface area contributed by atoms with Gasteiger partial charge in [-0.1, -0.05) is 0 Å². The Morgan fingerprint density at radius 3 is 2.59 bits per heavy atom. The van der Waals surface area contributed by atoms with E-state index in [0.717, 1.165) is 18.9 Å². The van der Waals surface area contributed by atoms with Crippen LogP contribution in [0, 0.1) is 17.6 Å². The molecule has 1 amide bonds. The van der Waals surface area contributed by atoms with Crippen LogP contribution < -0.4 is 20.7 Å². The van der Waals surface area contributed by atoms with Crippen LogP contribution in [0.15, 0.2) is 24.4 Å². The topological polar surface area (TPSA) is 89.7 Å². The van der Waals surface area contributed by atoms with E-state index >= 15 is 0 Å². The molecular weight excluding hydrogens is 442 g/mol. The third kappa shape index (κ3) is 5.47. The lowest BCUT2D eigenvalue weighted by atomic mass is 9.99. The second kappa shape index (κ2) is 9.84. The Bertz CT molecular complexity index is 1040. The van der Waals surface area contributed by atoms with Gasteiger partial charge in [-0.15, -0.1) is 0 Å². The molecule has 0 unspecified atom stereocenters. The van der Waals surface area contributed by atoms with Crippen molar-refractivity contribution in [3.05, 3.63) is 41.6 Å². The van der Waals surface area contributed by atoms with Gasteiger partial charge in [0, 0.05) is 44.0 Å². The Labute approximate surface area is 198 Å². The van der Waals surface area contributed by atoms with E-state index < -0.39 is 17.2 Å². The summed E-state index contributed by atoms with van der Waals surface area (Å²) in [5, 5.41) is 3.07. The molecule has 1 aromatic carbocycles. The normalized spacial score (nSPS) is 20.9. The first-order valence-electron chi connectivity index (χ1n) is 11.6. The lowest BCUT2D eigenvalue weighted by molar-refractivity contribution is 0.0935. The second-order valence-corrected chi connectivity index (χ2v) is 9.63. The van der Waals surface area contributed by atoms with Crippen molar-refractivity contribution in [2.24, 2.45) is 11.7 Å². The minimum Gasteiger partial charge on any atom is -0.475 e. The number of carbonyl (C=O) groups excluding carboxylic acids is 1. The number of nitrogens with two attached hydrogens (primary N) is 1. The lowest BCUT2D eigenvalue weighted by Crippen LogP contribution is -2.40. The van der Waals surface area contributed by atoms with E-state index in [1.54, 1.807) is 7.11 Å². The summed E-state index contributed by atoms with van der Waals surface area (Å²) >= 11 is 0. The molecule has 2 fully saturated rings. The number of hydrogen-bond acceptors (Lipinski definition) is 6. The monoisotopic (exact) mass is 474 g/mol. The summed E-state index contributed by atoms with van der Waals surface area (Å²) in [4.78, 5) is 19.8. The maximum Gasteiger partial charge on any atom is 0.255 e. The van der Waals surface area contributed by atoms with Crippen molar-refractivity contribution in [2.75, 3.05) is 38.3 Å². The second-order valence-electron chi connectivity index (χ2n) is 9.63. The van der Waals surface area contributed by atoms with Gasteiger partial charge >= 0.3 is 0 Å². The summed E-state index contributed by atoms with van der Waals surface area (Å²) in [5.41, 5.74) is 7.37. The van der Waals surface area contributed by atoms with E-state index in [1.165, 1.54) is 18.3 Å². The predicted octanol–water partition coefficient (Wildman–Crippen LogP) is 3.51.